The summed E-state index contributed by atoms with van der Waals surface area (Å²) in [5.41, 5.74) is 1.11. The van der Waals surface area contributed by atoms with Gasteiger partial charge in [-0.15, -0.1) is 5.10 Å². The highest BCUT2D eigenvalue weighted by Gasteiger charge is 2.08. The molecule has 0 saturated heterocycles. The maximum absolute atomic E-state index is 11.6. The van der Waals surface area contributed by atoms with Crippen molar-refractivity contribution >= 4 is 11.8 Å². The molecule has 2 aromatic rings. The van der Waals surface area contributed by atoms with Crippen LogP contribution < -0.4 is 11.0 Å². The first kappa shape index (κ1) is 14.9. The van der Waals surface area contributed by atoms with Gasteiger partial charge in [-0.3, -0.25) is 4.57 Å². The first-order chi connectivity index (χ1) is 9.74. The van der Waals surface area contributed by atoms with E-state index in [0.717, 1.165) is 29.6 Å². The average molecular weight is 292 g/mol. The van der Waals surface area contributed by atoms with Gasteiger partial charge in [0.25, 0.3) is 0 Å². The van der Waals surface area contributed by atoms with Crippen LogP contribution in [0.1, 0.15) is 25.8 Å². The Morgan fingerprint density at radius 1 is 1.30 bits per heavy atom. The number of aromatic nitrogens is 3. The molecule has 108 valence electrons. The molecular formula is C14H20N4OS. The Morgan fingerprint density at radius 2 is 2.05 bits per heavy atom. The molecule has 1 aromatic carbocycles. The summed E-state index contributed by atoms with van der Waals surface area (Å²) in [4.78, 5) is 12.7. The summed E-state index contributed by atoms with van der Waals surface area (Å²) in [7, 11) is 0. The number of nitrogens with one attached hydrogen (secondary N) is 2. The van der Waals surface area contributed by atoms with Crippen molar-refractivity contribution in [1.82, 2.24) is 20.1 Å². The van der Waals surface area contributed by atoms with Gasteiger partial charge in [0, 0.05) is 18.0 Å². The quantitative estimate of drug-likeness (QED) is 0.821. The van der Waals surface area contributed by atoms with Crippen molar-refractivity contribution in [2.75, 3.05) is 6.54 Å². The molecule has 2 rings (SSSR count). The molecule has 0 fully saturated rings. The van der Waals surface area contributed by atoms with Gasteiger partial charge in [-0.05, 0) is 42.4 Å². The van der Waals surface area contributed by atoms with E-state index < -0.39 is 0 Å². The van der Waals surface area contributed by atoms with Crippen molar-refractivity contribution in [1.29, 1.82) is 0 Å². The molecule has 0 spiro atoms. The zero-order valence-electron chi connectivity index (χ0n) is 11.8. The van der Waals surface area contributed by atoms with Gasteiger partial charge >= 0.3 is 5.69 Å². The van der Waals surface area contributed by atoms with Gasteiger partial charge in [-0.25, -0.2) is 9.89 Å². The Morgan fingerprint density at radius 3 is 2.70 bits per heavy atom. The average Bonchev–Trinajstić information content (AvgIpc) is 2.80. The highest BCUT2D eigenvalue weighted by Crippen LogP contribution is 2.25. The van der Waals surface area contributed by atoms with Gasteiger partial charge in [0.1, 0.15) is 0 Å². The lowest BCUT2D eigenvalue weighted by molar-refractivity contribution is 0.604. The summed E-state index contributed by atoms with van der Waals surface area (Å²) in [6.45, 7) is 6.67. The van der Waals surface area contributed by atoms with Crippen molar-refractivity contribution in [3.05, 3.63) is 40.3 Å². The summed E-state index contributed by atoms with van der Waals surface area (Å²) in [5, 5.41) is 10.6. The minimum absolute atomic E-state index is 0.141. The normalized spacial score (nSPS) is 10.9. The molecule has 0 radical (unpaired) electrons. The standard InChI is InChI=1S/C14H20N4OS/c1-3-9-18-13(19)16-17-14(18)20-12-7-5-11(6-8-12)10-15-4-2/h5-8,15H,3-4,9-10H2,1-2H3,(H,16,19). The lowest BCUT2D eigenvalue weighted by Gasteiger charge is -2.05. The van der Waals surface area contributed by atoms with E-state index in [1.807, 2.05) is 6.92 Å². The summed E-state index contributed by atoms with van der Waals surface area (Å²) in [6, 6.07) is 8.32. The Kier molecular flexibility index (Phi) is 5.43. The summed E-state index contributed by atoms with van der Waals surface area (Å²) in [5.74, 6) is 0. The van der Waals surface area contributed by atoms with Crippen LogP contribution in [0.15, 0.2) is 39.1 Å². The second kappa shape index (κ2) is 7.31. The van der Waals surface area contributed by atoms with Crippen LogP contribution in [0.4, 0.5) is 0 Å². The molecule has 0 unspecified atom stereocenters. The van der Waals surface area contributed by atoms with Crippen molar-refractivity contribution in [3.8, 4) is 0 Å². The van der Waals surface area contributed by atoms with Crippen molar-refractivity contribution in [2.24, 2.45) is 0 Å². The first-order valence-electron chi connectivity index (χ1n) is 6.87. The van der Waals surface area contributed by atoms with Gasteiger partial charge in [0.05, 0.1) is 0 Å². The zero-order valence-corrected chi connectivity index (χ0v) is 12.7. The van der Waals surface area contributed by atoms with Crippen LogP contribution in [0.2, 0.25) is 0 Å². The zero-order chi connectivity index (χ0) is 14.4. The fraction of sp³-hybridized carbons (Fsp3) is 0.429. The third-order valence-corrected chi connectivity index (χ3v) is 3.88. The molecule has 0 amide bonds. The molecule has 6 heteroatoms. The van der Waals surface area contributed by atoms with Gasteiger partial charge in [0.15, 0.2) is 5.16 Å². The third-order valence-electron chi connectivity index (χ3n) is 2.88. The van der Waals surface area contributed by atoms with E-state index in [-0.39, 0.29) is 5.69 Å². The lowest BCUT2D eigenvalue weighted by atomic mass is 10.2. The largest absolute Gasteiger partial charge is 0.343 e. The Labute approximate surface area is 122 Å². The predicted octanol–water partition coefficient (Wildman–Crippen LogP) is 2.24. The van der Waals surface area contributed by atoms with Crippen molar-refractivity contribution in [2.45, 2.75) is 43.4 Å². The highest BCUT2D eigenvalue weighted by atomic mass is 32.2. The monoisotopic (exact) mass is 292 g/mol. The van der Waals surface area contributed by atoms with Crippen LogP contribution in [0.5, 0.6) is 0 Å². The second-order valence-electron chi connectivity index (χ2n) is 4.49. The summed E-state index contributed by atoms with van der Waals surface area (Å²) >= 11 is 1.51. The van der Waals surface area contributed by atoms with Crippen LogP contribution in [-0.4, -0.2) is 21.3 Å². The molecule has 1 aromatic heterocycles. The number of benzene rings is 1. The van der Waals surface area contributed by atoms with Crippen LogP contribution in [-0.2, 0) is 13.1 Å². The molecular weight excluding hydrogens is 272 g/mol. The van der Waals surface area contributed by atoms with Gasteiger partial charge in [-0.1, -0.05) is 26.0 Å². The molecule has 0 aliphatic carbocycles. The molecule has 20 heavy (non-hydrogen) atoms. The van der Waals surface area contributed by atoms with Gasteiger partial charge in [-0.2, -0.15) is 0 Å². The van der Waals surface area contributed by atoms with Crippen LogP contribution in [0.25, 0.3) is 0 Å². The molecule has 1 heterocycles. The van der Waals surface area contributed by atoms with E-state index in [9.17, 15) is 4.79 Å². The third kappa shape index (κ3) is 3.74. The van der Waals surface area contributed by atoms with Crippen molar-refractivity contribution < 1.29 is 0 Å². The molecule has 2 N–H and O–H groups in total. The number of nitrogens with zero attached hydrogens (tertiary/aromatic N) is 2. The molecule has 5 nitrogen and oxygen atoms in total. The predicted molar refractivity (Wildman–Crippen MR) is 81.1 cm³/mol. The Bertz CT molecular complexity index is 588. The number of hydrogen-bond acceptors (Lipinski definition) is 4. The van der Waals surface area contributed by atoms with E-state index in [0.29, 0.717) is 6.54 Å². The number of aromatic amines is 1. The maximum Gasteiger partial charge on any atom is 0.343 e. The highest BCUT2D eigenvalue weighted by molar-refractivity contribution is 7.99. The van der Waals surface area contributed by atoms with E-state index in [2.05, 4.69) is 46.7 Å². The van der Waals surface area contributed by atoms with Gasteiger partial charge < -0.3 is 5.32 Å². The van der Waals surface area contributed by atoms with Crippen LogP contribution >= 0.6 is 11.8 Å². The molecule has 0 saturated carbocycles. The smallest absolute Gasteiger partial charge is 0.313 e. The van der Waals surface area contributed by atoms with Gasteiger partial charge in [0.2, 0.25) is 0 Å². The maximum atomic E-state index is 11.6. The number of H-pyrrole nitrogens is 1. The Balaban J connectivity index is 2.08. The summed E-state index contributed by atoms with van der Waals surface area (Å²) < 4.78 is 1.68. The molecule has 0 atom stereocenters. The molecule has 0 aliphatic rings. The van der Waals surface area contributed by atoms with Crippen LogP contribution in [0, 0.1) is 0 Å². The first-order valence-corrected chi connectivity index (χ1v) is 7.69. The number of rotatable bonds is 7. The van der Waals surface area contributed by atoms with Crippen LogP contribution in [0.3, 0.4) is 0 Å². The minimum Gasteiger partial charge on any atom is -0.313 e. The molecule has 0 aliphatic heterocycles. The SMILES string of the molecule is CCCn1c(Sc2ccc(CNCC)cc2)n[nH]c1=O. The lowest BCUT2D eigenvalue weighted by Crippen LogP contribution is -2.17. The summed E-state index contributed by atoms with van der Waals surface area (Å²) in [6.07, 6.45) is 0.911. The van der Waals surface area contributed by atoms with E-state index in [1.54, 1.807) is 4.57 Å². The minimum atomic E-state index is -0.141. The Hall–Kier alpha value is -1.53. The fourth-order valence-corrected chi connectivity index (χ4v) is 2.71. The van der Waals surface area contributed by atoms with E-state index in [4.69, 9.17) is 0 Å². The van der Waals surface area contributed by atoms with Crippen molar-refractivity contribution in [3.63, 3.8) is 0 Å². The second-order valence-corrected chi connectivity index (χ2v) is 5.53. The molecule has 0 bridgehead atoms. The van der Waals surface area contributed by atoms with E-state index in [1.165, 1.54) is 17.3 Å². The fourth-order valence-electron chi connectivity index (χ4n) is 1.85. The number of hydrogen-bond donors (Lipinski definition) is 2. The topological polar surface area (TPSA) is 62.7 Å². The van der Waals surface area contributed by atoms with E-state index >= 15 is 0 Å².